The fourth-order valence-corrected chi connectivity index (χ4v) is 3.42. The molecule has 0 bridgehead atoms. The van der Waals surface area contributed by atoms with E-state index in [1.165, 1.54) is 0 Å². The highest BCUT2D eigenvalue weighted by atomic mass is 16.6. The van der Waals surface area contributed by atoms with Crippen molar-refractivity contribution < 1.29 is 23.9 Å². The van der Waals surface area contributed by atoms with Crippen molar-refractivity contribution in [1.29, 1.82) is 0 Å². The SMILES string of the molecule is CCOC(=O)N1CCN(C(=O)CN2CCN(c3ccccc3OC)C2=O)CC1. The molecule has 0 aromatic heterocycles. The zero-order valence-electron chi connectivity index (χ0n) is 16.3. The Kier molecular flexibility index (Phi) is 6.23. The molecule has 9 nitrogen and oxygen atoms in total. The Morgan fingerprint density at radius 2 is 1.68 bits per heavy atom. The summed E-state index contributed by atoms with van der Waals surface area (Å²) >= 11 is 0. The number of anilines is 1. The maximum atomic E-state index is 12.8. The van der Waals surface area contributed by atoms with Crippen molar-refractivity contribution in [2.45, 2.75) is 6.92 Å². The Morgan fingerprint density at radius 1 is 1.00 bits per heavy atom. The number of nitrogens with zero attached hydrogens (tertiary/aromatic N) is 4. The summed E-state index contributed by atoms with van der Waals surface area (Å²) in [5.41, 5.74) is 0.702. The molecule has 28 heavy (non-hydrogen) atoms. The Labute approximate surface area is 164 Å². The van der Waals surface area contributed by atoms with E-state index in [2.05, 4.69) is 0 Å². The molecule has 0 saturated carbocycles. The van der Waals surface area contributed by atoms with Gasteiger partial charge in [-0.2, -0.15) is 0 Å². The van der Waals surface area contributed by atoms with Gasteiger partial charge in [-0.15, -0.1) is 0 Å². The molecule has 0 unspecified atom stereocenters. The molecule has 0 spiro atoms. The van der Waals surface area contributed by atoms with E-state index in [0.29, 0.717) is 57.3 Å². The van der Waals surface area contributed by atoms with E-state index in [4.69, 9.17) is 9.47 Å². The highest BCUT2D eigenvalue weighted by Crippen LogP contribution is 2.30. The van der Waals surface area contributed by atoms with Crippen molar-refractivity contribution in [1.82, 2.24) is 14.7 Å². The van der Waals surface area contributed by atoms with E-state index in [1.54, 1.807) is 39.7 Å². The summed E-state index contributed by atoms with van der Waals surface area (Å²) in [4.78, 5) is 43.6. The van der Waals surface area contributed by atoms with E-state index >= 15 is 0 Å². The normalized spacial score (nSPS) is 17.1. The molecule has 1 aromatic carbocycles. The quantitative estimate of drug-likeness (QED) is 0.755. The lowest BCUT2D eigenvalue weighted by Gasteiger charge is -2.34. The van der Waals surface area contributed by atoms with Crippen molar-refractivity contribution in [2.24, 2.45) is 0 Å². The number of carbonyl (C=O) groups is 3. The van der Waals surface area contributed by atoms with Gasteiger partial charge in [-0.05, 0) is 19.1 Å². The van der Waals surface area contributed by atoms with Gasteiger partial charge in [0.25, 0.3) is 0 Å². The second kappa shape index (κ2) is 8.81. The first-order chi connectivity index (χ1) is 13.5. The Hall–Kier alpha value is -2.97. The third-order valence-electron chi connectivity index (χ3n) is 4.96. The van der Waals surface area contributed by atoms with Crippen LogP contribution in [0, 0.1) is 0 Å². The average molecular weight is 390 g/mol. The summed E-state index contributed by atoms with van der Waals surface area (Å²) in [5.74, 6) is 0.512. The number of benzene rings is 1. The molecule has 0 atom stereocenters. The van der Waals surface area contributed by atoms with Crippen molar-refractivity contribution in [3.63, 3.8) is 0 Å². The highest BCUT2D eigenvalue weighted by molar-refractivity contribution is 5.97. The summed E-state index contributed by atoms with van der Waals surface area (Å²) < 4.78 is 10.3. The molecule has 2 aliphatic rings. The van der Waals surface area contributed by atoms with Gasteiger partial charge in [-0.1, -0.05) is 12.1 Å². The monoisotopic (exact) mass is 390 g/mol. The summed E-state index contributed by atoms with van der Waals surface area (Å²) in [6.45, 7) is 4.86. The van der Waals surface area contributed by atoms with Crippen LogP contribution < -0.4 is 9.64 Å². The van der Waals surface area contributed by atoms with Crippen molar-refractivity contribution >= 4 is 23.7 Å². The number of piperazine rings is 1. The molecule has 152 valence electrons. The van der Waals surface area contributed by atoms with Crippen molar-refractivity contribution in [3.05, 3.63) is 24.3 Å². The minimum absolute atomic E-state index is 0.0316. The minimum Gasteiger partial charge on any atom is -0.495 e. The first kappa shape index (κ1) is 19.8. The molecule has 2 fully saturated rings. The van der Waals surface area contributed by atoms with Crippen LogP contribution in [0.5, 0.6) is 5.75 Å². The van der Waals surface area contributed by atoms with E-state index in [1.807, 2.05) is 18.2 Å². The van der Waals surface area contributed by atoms with Gasteiger partial charge >= 0.3 is 12.1 Å². The standard InChI is InChI=1S/C19H26N4O5/c1-3-28-19(26)21-10-8-20(9-11-21)17(24)14-22-12-13-23(18(22)25)15-6-4-5-7-16(15)27-2/h4-7H,3,8-14H2,1-2H3. The zero-order chi connectivity index (χ0) is 20.1. The van der Waals surface area contributed by atoms with Crippen LogP contribution in [-0.2, 0) is 9.53 Å². The number of carbonyl (C=O) groups excluding carboxylic acids is 3. The lowest BCUT2D eigenvalue weighted by Crippen LogP contribution is -2.53. The molecule has 3 rings (SSSR count). The minimum atomic E-state index is -0.350. The second-order valence-electron chi connectivity index (χ2n) is 6.59. The molecule has 0 radical (unpaired) electrons. The number of ether oxygens (including phenoxy) is 2. The number of methoxy groups -OCH3 is 1. The maximum Gasteiger partial charge on any atom is 0.409 e. The Balaban J connectivity index is 1.54. The van der Waals surface area contributed by atoms with Gasteiger partial charge in [0.1, 0.15) is 12.3 Å². The fraction of sp³-hybridized carbons (Fsp3) is 0.526. The van der Waals surface area contributed by atoms with Gasteiger partial charge < -0.3 is 24.2 Å². The second-order valence-corrected chi connectivity index (χ2v) is 6.59. The highest BCUT2D eigenvalue weighted by Gasteiger charge is 2.34. The molecule has 0 N–H and O–H groups in total. The molecule has 2 aliphatic heterocycles. The van der Waals surface area contributed by atoms with Gasteiger partial charge in [0.2, 0.25) is 5.91 Å². The Bertz CT molecular complexity index is 733. The number of urea groups is 1. The van der Waals surface area contributed by atoms with Crippen molar-refractivity contribution in [2.75, 3.05) is 64.4 Å². The van der Waals surface area contributed by atoms with Gasteiger partial charge in [-0.3, -0.25) is 9.69 Å². The van der Waals surface area contributed by atoms with E-state index in [9.17, 15) is 14.4 Å². The van der Waals surface area contributed by atoms with Gasteiger partial charge in [0.15, 0.2) is 0 Å². The maximum absolute atomic E-state index is 12.8. The van der Waals surface area contributed by atoms with Crippen LogP contribution in [0.1, 0.15) is 6.92 Å². The van der Waals surface area contributed by atoms with Crippen LogP contribution in [0.15, 0.2) is 24.3 Å². The van der Waals surface area contributed by atoms with Crippen LogP contribution in [0.4, 0.5) is 15.3 Å². The van der Waals surface area contributed by atoms with Crippen LogP contribution in [0.3, 0.4) is 0 Å². The molecule has 4 amide bonds. The van der Waals surface area contributed by atoms with Crippen LogP contribution in [-0.4, -0.2) is 92.3 Å². The molecule has 9 heteroatoms. The third kappa shape index (κ3) is 4.13. The molecular formula is C19H26N4O5. The first-order valence-corrected chi connectivity index (χ1v) is 9.44. The van der Waals surface area contributed by atoms with Crippen LogP contribution in [0.25, 0.3) is 0 Å². The predicted molar refractivity (Wildman–Crippen MR) is 102 cm³/mol. The summed E-state index contributed by atoms with van der Waals surface area (Å²) in [7, 11) is 1.57. The fourth-order valence-electron chi connectivity index (χ4n) is 3.42. The zero-order valence-corrected chi connectivity index (χ0v) is 16.3. The molecule has 2 saturated heterocycles. The lowest BCUT2D eigenvalue weighted by atomic mass is 10.2. The van der Waals surface area contributed by atoms with Crippen LogP contribution in [0.2, 0.25) is 0 Å². The first-order valence-electron chi connectivity index (χ1n) is 9.44. The summed E-state index contributed by atoms with van der Waals surface area (Å²) in [6.07, 6.45) is -0.350. The van der Waals surface area contributed by atoms with Crippen molar-refractivity contribution in [3.8, 4) is 5.75 Å². The van der Waals surface area contributed by atoms with E-state index in [0.717, 1.165) is 0 Å². The summed E-state index contributed by atoms with van der Waals surface area (Å²) in [6, 6.07) is 7.13. The molecular weight excluding hydrogens is 364 g/mol. The Morgan fingerprint density at radius 3 is 2.36 bits per heavy atom. The number of para-hydroxylation sites is 2. The molecule has 2 heterocycles. The predicted octanol–water partition coefficient (Wildman–Crippen LogP) is 1.24. The van der Waals surface area contributed by atoms with Gasteiger partial charge in [0.05, 0.1) is 19.4 Å². The largest absolute Gasteiger partial charge is 0.495 e. The summed E-state index contributed by atoms with van der Waals surface area (Å²) in [5, 5.41) is 0. The smallest absolute Gasteiger partial charge is 0.409 e. The molecule has 1 aromatic rings. The number of hydrogen-bond donors (Lipinski definition) is 0. The van der Waals surface area contributed by atoms with Gasteiger partial charge in [0, 0.05) is 39.3 Å². The lowest BCUT2D eigenvalue weighted by molar-refractivity contribution is -0.133. The van der Waals surface area contributed by atoms with Crippen LogP contribution >= 0.6 is 0 Å². The topological polar surface area (TPSA) is 82.6 Å². The van der Waals surface area contributed by atoms with E-state index in [-0.39, 0.29) is 24.6 Å². The number of amides is 4. The third-order valence-corrected chi connectivity index (χ3v) is 4.96. The number of rotatable bonds is 5. The number of hydrogen-bond acceptors (Lipinski definition) is 5. The van der Waals surface area contributed by atoms with E-state index < -0.39 is 0 Å². The average Bonchev–Trinajstić information content (AvgIpc) is 3.08. The molecule has 0 aliphatic carbocycles. The van der Waals surface area contributed by atoms with Gasteiger partial charge in [-0.25, -0.2) is 9.59 Å².